The fraction of sp³-hybridized carbons (Fsp3) is 0.533. The van der Waals surface area contributed by atoms with E-state index in [1.165, 1.54) is 18.4 Å². The monoisotopic (exact) mass is 249 g/mol. The van der Waals surface area contributed by atoms with Gasteiger partial charge in [0.25, 0.3) is 0 Å². The van der Waals surface area contributed by atoms with Crippen LogP contribution in [0.1, 0.15) is 38.2 Å². The molecule has 0 saturated heterocycles. The van der Waals surface area contributed by atoms with Crippen LogP contribution in [0.5, 0.6) is 0 Å². The number of hydrogen-bond acceptors (Lipinski definition) is 3. The second kappa shape index (κ2) is 7.04. The topological polar surface area (TPSA) is 29.5 Å². The zero-order valence-corrected chi connectivity index (χ0v) is 11.8. The third-order valence-electron chi connectivity index (χ3n) is 3.10. The van der Waals surface area contributed by atoms with Crippen LogP contribution in [0.3, 0.4) is 0 Å². The second-order valence-corrected chi connectivity index (χ2v) is 4.85. The van der Waals surface area contributed by atoms with Crippen molar-refractivity contribution >= 4 is 11.7 Å². The number of anilines is 1. The average molecular weight is 249 g/mol. The number of ether oxygens (including phenoxy) is 1. The Morgan fingerprint density at radius 3 is 2.39 bits per heavy atom. The fourth-order valence-electron chi connectivity index (χ4n) is 1.81. The Balaban J connectivity index is 2.46. The summed E-state index contributed by atoms with van der Waals surface area (Å²) in [4.78, 5) is 13.2. The molecule has 0 aliphatic rings. The van der Waals surface area contributed by atoms with E-state index in [9.17, 15) is 4.79 Å². The Morgan fingerprint density at radius 2 is 1.89 bits per heavy atom. The molecule has 0 fully saturated rings. The molecule has 1 aromatic carbocycles. The van der Waals surface area contributed by atoms with Crippen molar-refractivity contribution in [3.05, 3.63) is 29.8 Å². The first-order valence-electron chi connectivity index (χ1n) is 6.42. The van der Waals surface area contributed by atoms with Crippen LogP contribution >= 0.6 is 0 Å². The first-order chi connectivity index (χ1) is 8.54. The molecule has 0 heterocycles. The van der Waals surface area contributed by atoms with Gasteiger partial charge in [-0.1, -0.05) is 26.0 Å². The van der Waals surface area contributed by atoms with Crippen LogP contribution in [0.15, 0.2) is 24.3 Å². The fourth-order valence-corrected chi connectivity index (χ4v) is 1.81. The van der Waals surface area contributed by atoms with E-state index in [2.05, 4.69) is 47.7 Å². The molecule has 0 radical (unpaired) electrons. The van der Waals surface area contributed by atoms with Crippen LogP contribution in [0.4, 0.5) is 5.69 Å². The highest BCUT2D eigenvalue weighted by molar-refractivity contribution is 5.69. The molecule has 0 aliphatic heterocycles. The lowest BCUT2D eigenvalue weighted by Gasteiger charge is -2.19. The summed E-state index contributed by atoms with van der Waals surface area (Å²) < 4.78 is 4.62. The van der Waals surface area contributed by atoms with Crippen molar-refractivity contribution < 1.29 is 9.53 Å². The van der Waals surface area contributed by atoms with Gasteiger partial charge in [0.1, 0.15) is 0 Å². The summed E-state index contributed by atoms with van der Waals surface area (Å²) in [6, 6.07) is 8.59. The molecule has 3 heteroatoms. The van der Waals surface area contributed by atoms with Crippen LogP contribution in [-0.2, 0) is 9.53 Å². The molecule has 0 spiro atoms. The van der Waals surface area contributed by atoms with E-state index >= 15 is 0 Å². The van der Waals surface area contributed by atoms with Gasteiger partial charge in [0.15, 0.2) is 0 Å². The number of rotatable bonds is 6. The van der Waals surface area contributed by atoms with Crippen molar-refractivity contribution in [3.8, 4) is 0 Å². The molecule has 1 aromatic rings. The number of hydrogen-bond donors (Lipinski definition) is 0. The molecular weight excluding hydrogens is 226 g/mol. The Hall–Kier alpha value is -1.51. The van der Waals surface area contributed by atoms with E-state index in [1.807, 2.05) is 7.05 Å². The highest BCUT2D eigenvalue weighted by Crippen LogP contribution is 2.19. The largest absolute Gasteiger partial charge is 0.469 e. The van der Waals surface area contributed by atoms with E-state index in [4.69, 9.17) is 0 Å². The maximum Gasteiger partial charge on any atom is 0.305 e. The van der Waals surface area contributed by atoms with Crippen LogP contribution in [0.25, 0.3) is 0 Å². The average Bonchev–Trinajstić information content (AvgIpc) is 2.38. The SMILES string of the molecule is COC(=O)CCCN(C)c1ccc(C(C)C)cc1. The molecular formula is C15H23NO2. The van der Waals surface area contributed by atoms with Crippen molar-refractivity contribution in [1.29, 1.82) is 0 Å². The summed E-state index contributed by atoms with van der Waals surface area (Å²) in [7, 11) is 3.47. The van der Waals surface area contributed by atoms with Gasteiger partial charge in [0, 0.05) is 25.7 Å². The molecule has 1 rings (SSSR count). The number of nitrogens with zero attached hydrogens (tertiary/aromatic N) is 1. The van der Waals surface area contributed by atoms with Crippen LogP contribution in [0.2, 0.25) is 0 Å². The number of carbonyl (C=O) groups excluding carboxylic acids is 1. The number of carbonyl (C=O) groups is 1. The first kappa shape index (κ1) is 14.6. The Kier molecular flexibility index (Phi) is 5.69. The van der Waals surface area contributed by atoms with Crippen LogP contribution in [-0.4, -0.2) is 26.7 Å². The zero-order valence-electron chi connectivity index (χ0n) is 11.8. The summed E-state index contributed by atoms with van der Waals surface area (Å²) in [6.45, 7) is 5.24. The zero-order chi connectivity index (χ0) is 13.5. The molecule has 0 atom stereocenters. The quantitative estimate of drug-likeness (QED) is 0.725. The van der Waals surface area contributed by atoms with Gasteiger partial charge in [-0.2, -0.15) is 0 Å². The molecule has 0 unspecified atom stereocenters. The number of esters is 1. The lowest BCUT2D eigenvalue weighted by atomic mass is 10.0. The highest BCUT2D eigenvalue weighted by atomic mass is 16.5. The Morgan fingerprint density at radius 1 is 1.28 bits per heavy atom. The van der Waals surface area contributed by atoms with E-state index in [-0.39, 0.29) is 5.97 Å². The molecule has 0 aromatic heterocycles. The maximum atomic E-state index is 11.0. The summed E-state index contributed by atoms with van der Waals surface area (Å²) in [6.07, 6.45) is 1.29. The molecule has 0 amide bonds. The molecule has 18 heavy (non-hydrogen) atoms. The lowest BCUT2D eigenvalue weighted by molar-refractivity contribution is -0.140. The smallest absolute Gasteiger partial charge is 0.305 e. The van der Waals surface area contributed by atoms with Gasteiger partial charge >= 0.3 is 5.97 Å². The van der Waals surface area contributed by atoms with Gasteiger partial charge in [0.05, 0.1) is 7.11 Å². The van der Waals surface area contributed by atoms with Crippen molar-refractivity contribution in [2.45, 2.75) is 32.6 Å². The van der Waals surface area contributed by atoms with Gasteiger partial charge < -0.3 is 9.64 Å². The molecule has 0 bridgehead atoms. The molecule has 100 valence electrons. The van der Waals surface area contributed by atoms with Crippen molar-refractivity contribution in [3.63, 3.8) is 0 Å². The minimum atomic E-state index is -0.140. The molecule has 0 saturated carbocycles. The van der Waals surface area contributed by atoms with Crippen molar-refractivity contribution in [2.75, 3.05) is 25.6 Å². The van der Waals surface area contributed by atoms with Crippen LogP contribution in [0, 0.1) is 0 Å². The van der Waals surface area contributed by atoms with E-state index in [1.54, 1.807) is 0 Å². The lowest BCUT2D eigenvalue weighted by Crippen LogP contribution is -2.19. The van der Waals surface area contributed by atoms with Crippen LogP contribution < -0.4 is 4.90 Å². The molecule has 3 nitrogen and oxygen atoms in total. The Labute approximate surface area is 110 Å². The number of methoxy groups -OCH3 is 1. The summed E-state index contributed by atoms with van der Waals surface area (Å²) in [5, 5.41) is 0. The molecule has 0 aliphatic carbocycles. The van der Waals surface area contributed by atoms with E-state index < -0.39 is 0 Å². The van der Waals surface area contributed by atoms with Gasteiger partial charge in [-0.25, -0.2) is 0 Å². The summed E-state index contributed by atoms with van der Waals surface area (Å²) >= 11 is 0. The third kappa shape index (κ3) is 4.40. The minimum Gasteiger partial charge on any atom is -0.469 e. The highest BCUT2D eigenvalue weighted by Gasteiger charge is 2.05. The second-order valence-electron chi connectivity index (χ2n) is 4.85. The first-order valence-corrected chi connectivity index (χ1v) is 6.42. The van der Waals surface area contributed by atoms with Crippen molar-refractivity contribution in [1.82, 2.24) is 0 Å². The van der Waals surface area contributed by atoms with Gasteiger partial charge in [-0.3, -0.25) is 4.79 Å². The van der Waals surface area contributed by atoms with E-state index in [0.717, 1.165) is 13.0 Å². The number of benzene rings is 1. The normalized spacial score (nSPS) is 10.5. The van der Waals surface area contributed by atoms with Gasteiger partial charge in [-0.15, -0.1) is 0 Å². The van der Waals surface area contributed by atoms with Gasteiger partial charge in [-0.05, 0) is 30.0 Å². The predicted molar refractivity (Wildman–Crippen MR) is 75.1 cm³/mol. The predicted octanol–water partition coefficient (Wildman–Crippen LogP) is 3.20. The van der Waals surface area contributed by atoms with E-state index in [0.29, 0.717) is 12.3 Å². The minimum absolute atomic E-state index is 0.140. The molecule has 0 N–H and O–H groups in total. The van der Waals surface area contributed by atoms with Gasteiger partial charge in [0.2, 0.25) is 0 Å². The van der Waals surface area contributed by atoms with Crippen molar-refractivity contribution in [2.24, 2.45) is 0 Å². The maximum absolute atomic E-state index is 11.0. The standard InChI is InChI=1S/C15H23NO2/c1-12(2)13-7-9-14(10-8-13)16(3)11-5-6-15(17)18-4/h7-10,12H,5-6,11H2,1-4H3. The summed E-state index contributed by atoms with van der Waals surface area (Å²) in [5.41, 5.74) is 2.53. The Bertz CT molecular complexity index is 371. The summed E-state index contributed by atoms with van der Waals surface area (Å²) in [5.74, 6) is 0.419. The third-order valence-corrected chi connectivity index (χ3v) is 3.10.